The second kappa shape index (κ2) is 16.5. The van der Waals surface area contributed by atoms with Gasteiger partial charge in [0.15, 0.2) is 0 Å². The van der Waals surface area contributed by atoms with Crippen molar-refractivity contribution in [3.8, 4) is 33.8 Å². The SMILES string of the molecule is CCN(c1c([N+](=O)[O-])ccc(Oc2ccc([N+](=O)[O-])c(N(CC)C(Cl)(Cl)Cl)c2-c2ccc(C(F)(F)F)cc2Cl)c1-c1ccc(C(F)(F)F)cc1Cl)C(Cl)(Cl)Cl. The number of ether oxygens (including phenoxy) is 1. The van der Waals surface area contributed by atoms with Gasteiger partial charge in [0.05, 0.1) is 32.1 Å². The number of benzene rings is 4. The van der Waals surface area contributed by atoms with Gasteiger partial charge in [0.2, 0.25) is 0 Å². The average molecular weight is 938 g/mol. The standard InChI is InChI=1S/C32H20Cl8F6N4O5/c1-3-47(31(35,36)37)27-21(49(51)52)9-11-23(25(27)17-7-5-15(13-19(17)33)29(41,42)43)55-24-12-10-22(50(53)54)28(48(4-2)32(38,39)40)26(24)18-8-6-16(14-20(18)34)30(44,45)46/h5-14H,3-4H2,1-2H3. The maximum Gasteiger partial charge on any atom is 0.416 e. The number of anilines is 2. The van der Waals surface area contributed by atoms with Crippen LogP contribution in [-0.4, -0.2) is 30.8 Å². The van der Waals surface area contributed by atoms with Crippen molar-refractivity contribution in [3.05, 3.63) is 102 Å². The number of hydrogen-bond donors (Lipinski definition) is 0. The van der Waals surface area contributed by atoms with E-state index in [-0.39, 0.29) is 24.2 Å². The third-order valence-electron chi connectivity index (χ3n) is 7.77. The van der Waals surface area contributed by atoms with Gasteiger partial charge in [-0.05, 0) is 50.2 Å². The Balaban J connectivity index is 2.24. The van der Waals surface area contributed by atoms with Gasteiger partial charge in [-0.1, -0.05) is 105 Å². The monoisotopic (exact) mass is 934 g/mol. The van der Waals surface area contributed by atoms with Gasteiger partial charge in [-0.3, -0.25) is 20.2 Å². The second-order valence-electron chi connectivity index (χ2n) is 11.0. The minimum absolute atomic E-state index is 0.269. The summed E-state index contributed by atoms with van der Waals surface area (Å²) in [7, 11) is 0. The van der Waals surface area contributed by atoms with Gasteiger partial charge in [0, 0.05) is 46.4 Å². The van der Waals surface area contributed by atoms with E-state index in [0.717, 1.165) is 46.2 Å². The molecule has 9 nitrogen and oxygen atoms in total. The van der Waals surface area contributed by atoms with Gasteiger partial charge in [0.1, 0.15) is 22.9 Å². The Bertz CT molecular complexity index is 2000. The lowest BCUT2D eigenvalue weighted by atomic mass is 9.97. The molecule has 296 valence electrons. The lowest BCUT2D eigenvalue weighted by Gasteiger charge is -2.33. The summed E-state index contributed by atoms with van der Waals surface area (Å²) >= 11 is 50.3. The molecule has 0 N–H and O–H groups in total. The summed E-state index contributed by atoms with van der Waals surface area (Å²) in [6.07, 6.45) is -9.75. The first-order valence-electron chi connectivity index (χ1n) is 15.0. The lowest BCUT2D eigenvalue weighted by Crippen LogP contribution is -2.36. The van der Waals surface area contributed by atoms with Crippen LogP contribution in [0, 0.1) is 20.2 Å². The Morgan fingerprint density at radius 3 is 1.16 bits per heavy atom. The number of rotatable bonds is 10. The Kier molecular flexibility index (Phi) is 13.4. The van der Waals surface area contributed by atoms with E-state index in [4.69, 9.17) is 97.5 Å². The molecule has 0 unspecified atom stereocenters. The first-order chi connectivity index (χ1) is 25.2. The zero-order valence-electron chi connectivity index (χ0n) is 27.3. The van der Waals surface area contributed by atoms with E-state index in [2.05, 4.69) is 0 Å². The maximum absolute atomic E-state index is 13.7. The minimum atomic E-state index is -4.88. The van der Waals surface area contributed by atoms with E-state index in [1.807, 2.05) is 0 Å². The molecule has 0 atom stereocenters. The highest BCUT2D eigenvalue weighted by Crippen LogP contribution is 2.55. The van der Waals surface area contributed by atoms with Crippen molar-refractivity contribution in [1.29, 1.82) is 0 Å². The molecule has 0 aliphatic carbocycles. The molecule has 0 heterocycles. The number of nitro groups is 2. The molecular weight excluding hydrogens is 918 g/mol. The normalized spacial score (nSPS) is 12.4. The van der Waals surface area contributed by atoms with Crippen LogP contribution in [0.25, 0.3) is 22.3 Å². The number of halogens is 14. The number of alkyl halides is 12. The van der Waals surface area contributed by atoms with Crippen LogP contribution in [0.4, 0.5) is 49.1 Å². The van der Waals surface area contributed by atoms with E-state index in [0.29, 0.717) is 24.3 Å². The summed E-state index contributed by atoms with van der Waals surface area (Å²) in [5, 5.41) is 23.7. The molecule has 0 bridgehead atoms. The first kappa shape index (κ1) is 44.7. The molecule has 0 aliphatic heterocycles. The zero-order valence-corrected chi connectivity index (χ0v) is 33.4. The molecule has 0 aliphatic rings. The van der Waals surface area contributed by atoms with Crippen molar-refractivity contribution in [3.63, 3.8) is 0 Å². The predicted molar refractivity (Wildman–Crippen MR) is 204 cm³/mol. The summed E-state index contributed by atoms with van der Waals surface area (Å²) in [5.74, 6) is -0.896. The quantitative estimate of drug-likeness (QED) is 0.0513. The molecule has 4 aromatic carbocycles. The third-order valence-corrected chi connectivity index (χ3v) is 9.62. The van der Waals surface area contributed by atoms with Gasteiger partial charge in [0.25, 0.3) is 19.2 Å². The number of hydrogen-bond acceptors (Lipinski definition) is 7. The topological polar surface area (TPSA) is 102 Å². The van der Waals surface area contributed by atoms with E-state index < -0.39 is 96.6 Å². The van der Waals surface area contributed by atoms with Gasteiger partial charge >= 0.3 is 12.4 Å². The van der Waals surface area contributed by atoms with Crippen molar-refractivity contribution >= 4 is 116 Å². The van der Waals surface area contributed by atoms with Gasteiger partial charge in [-0.25, -0.2) is 0 Å². The third kappa shape index (κ3) is 9.58. The molecule has 0 radical (unpaired) electrons. The second-order valence-corrected chi connectivity index (χ2v) is 16.3. The molecule has 4 rings (SSSR count). The van der Waals surface area contributed by atoms with Crippen LogP contribution in [0.1, 0.15) is 25.0 Å². The summed E-state index contributed by atoms with van der Waals surface area (Å²) in [4.78, 5) is 24.9. The van der Waals surface area contributed by atoms with Crippen LogP contribution >= 0.6 is 92.8 Å². The van der Waals surface area contributed by atoms with Crippen LogP contribution in [0.3, 0.4) is 0 Å². The van der Waals surface area contributed by atoms with Crippen LogP contribution in [0.15, 0.2) is 60.7 Å². The van der Waals surface area contributed by atoms with E-state index in [1.165, 1.54) is 13.8 Å². The van der Waals surface area contributed by atoms with Gasteiger partial charge in [-0.15, -0.1) is 0 Å². The molecule has 55 heavy (non-hydrogen) atoms. The van der Waals surface area contributed by atoms with E-state index >= 15 is 0 Å². The highest BCUT2D eigenvalue weighted by atomic mass is 35.6. The molecule has 0 spiro atoms. The average Bonchev–Trinajstić information content (AvgIpc) is 3.03. The summed E-state index contributed by atoms with van der Waals surface area (Å²) in [5.41, 5.74) is -6.37. The fourth-order valence-electron chi connectivity index (χ4n) is 5.49. The highest BCUT2D eigenvalue weighted by Gasteiger charge is 2.41. The van der Waals surface area contributed by atoms with Crippen molar-refractivity contribution in [1.82, 2.24) is 0 Å². The molecule has 4 aromatic rings. The minimum Gasteiger partial charge on any atom is -0.456 e. The largest absolute Gasteiger partial charge is 0.456 e. The smallest absolute Gasteiger partial charge is 0.416 e. The Hall–Kier alpha value is -3.02. The summed E-state index contributed by atoms with van der Waals surface area (Å²) in [6, 6.07) is 7.88. The zero-order chi connectivity index (χ0) is 41.6. The fourth-order valence-corrected chi connectivity index (χ4v) is 7.26. The number of nitro benzene ring substituents is 2. The van der Waals surface area contributed by atoms with E-state index in [1.54, 1.807) is 0 Å². The summed E-state index contributed by atoms with van der Waals surface area (Å²) < 4.78 is 83.6. The molecule has 23 heteroatoms. The Labute approximate surface area is 347 Å². The van der Waals surface area contributed by atoms with Crippen molar-refractivity contribution in [2.75, 3.05) is 22.9 Å². The number of nitrogens with zero attached hydrogens (tertiary/aromatic N) is 4. The van der Waals surface area contributed by atoms with Crippen molar-refractivity contribution < 1.29 is 40.9 Å². The summed E-state index contributed by atoms with van der Waals surface area (Å²) in [6.45, 7) is 2.32. The fraction of sp³-hybridized carbons (Fsp3) is 0.250. The molecular formula is C32H20Cl8F6N4O5. The van der Waals surface area contributed by atoms with Crippen LogP contribution < -0.4 is 14.5 Å². The molecule has 0 amide bonds. The molecule has 0 aromatic heterocycles. The highest BCUT2D eigenvalue weighted by molar-refractivity contribution is 6.69. The molecule has 0 saturated carbocycles. The molecule has 0 saturated heterocycles. The van der Waals surface area contributed by atoms with Crippen molar-refractivity contribution in [2.24, 2.45) is 0 Å². The van der Waals surface area contributed by atoms with Gasteiger partial charge in [-0.2, -0.15) is 26.3 Å². The predicted octanol–water partition coefficient (Wildman–Crippen LogP) is 14.3. The Morgan fingerprint density at radius 2 is 0.927 bits per heavy atom. The maximum atomic E-state index is 13.7. The van der Waals surface area contributed by atoms with Crippen LogP contribution in [0.2, 0.25) is 10.0 Å². The molecule has 0 fully saturated rings. The lowest BCUT2D eigenvalue weighted by molar-refractivity contribution is -0.384. The van der Waals surface area contributed by atoms with Crippen molar-refractivity contribution in [2.45, 2.75) is 34.0 Å². The Morgan fingerprint density at radius 1 is 0.600 bits per heavy atom. The first-order valence-corrected chi connectivity index (χ1v) is 18.0. The van der Waals surface area contributed by atoms with Gasteiger partial charge < -0.3 is 14.5 Å². The van der Waals surface area contributed by atoms with E-state index in [9.17, 15) is 46.6 Å². The van der Waals surface area contributed by atoms with Crippen LogP contribution in [0.5, 0.6) is 11.5 Å². The van der Waals surface area contributed by atoms with Crippen LogP contribution in [-0.2, 0) is 12.4 Å².